The predicted octanol–water partition coefficient (Wildman–Crippen LogP) is 3.86. The molecule has 0 saturated carbocycles. The number of amides is 1. The monoisotopic (exact) mass is 329 g/mol. The summed E-state index contributed by atoms with van der Waals surface area (Å²) in [6, 6.07) is 9.40. The first-order valence-corrected chi connectivity index (χ1v) is 7.67. The van der Waals surface area contributed by atoms with Crippen LogP contribution in [0.5, 0.6) is 17.2 Å². The van der Waals surface area contributed by atoms with E-state index in [0.717, 1.165) is 39.6 Å². The number of methoxy groups -OCH3 is 2. The van der Waals surface area contributed by atoms with Crippen LogP contribution in [0.15, 0.2) is 30.3 Å². The molecule has 1 amide bonds. The van der Waals surface area contributed by atoms with E-state index in [9.17, 15) is 4.79 Å². The molecule has 0 atom stereocenters. The summed E-state index contributed by atoms with van der Waals surface area (Å²) in [6.07, 6.45) is 0. The van der Waals surface area contributed by atoms with Crippen molar-refractivity contribution in [2.24, 2.45) is 0 Å². The second-order valence-electron chi connectivity index (χ2n) is 5.59. The average molecular weight is 329 g/mol. The number of carbonyl (C=O) groups excluding carboxylic acids is 1. The fraction of sp³-hybridized carbons (Fsp3) is 0.316. The van der Waals surface area contributed by atoms with Crippen LogP contribution in [-0.4, -0.2) is 20.1 Å². The van der Waals surface area contributed by atoms with Gasteiger partial charge in [0, 0.05) is 18.2 Å². The third kappa shape index (κ3) is 4.19. The van der Waals surface area contributed by atoms with Crippen molar-refractivity contribution in [1.82, 2.24) is 0 Å². The Balaban J connectivity index is 2.22. The van der Waals surface area contributed by atoms with E-state index in [0.29, 0.717) is 6.61 Å². The van der Waals surface area contributed by atoms with Crippen LogP contribution >= 0.6 is 0 Å². The quantitative estimate of drug-likeness (QED) is 0.874. The number of rotatable bonds is 6. The molecule has 24 heavy (non-hydrogen) atoms. The maximum absolute atomic E-state index is 11.2. The van der Waals surface area contributed by atoms with Crippen LogP contribution in [0.3, 0.4) is 0 Å². The van der Waals surface area contributed by atoms with Crippen molar-refractivity contribution < 1.29 is 19.0 Å². The van der Waals surface area contributed by atoms with E-state index in [1.807, 2.05) is 44.2 Å². The van der Waals surface area contributed by atoms with Gasteiger partial charge in [-0.2, -0.15) is 0 Å². The molecule has 0 aliphatic rings. The van der Waals surface area contributed by atoms with Crippen molar-refractivity contribution in [1.29, 1.82) is 0 Å². The molecule has 0 saturated heterocycles. The lowest BCUT2D eigenvalue weighted by Gasteiger charge is -2.16. The molecule has 2 aromatic carbocycles. The van der Waals surface area contributed by atoms with Crippen LogP contribution in [0.25, 0.3) is 0 Å². The zero-order chi connectivity index (χ0) is 17.7. The highest BCUT2D eigenvalue weighted by molar-refractivity contribution is 5.89. The van der Waals surface area contributed by atoms with Crippen LogP contribution in [0.4, 0.5) is 5.69 Å². The summed E-state index contributed by atoms with van der Waals surface area (Å²) >= 11 is 0. The first-order valence-electron chi connectivity index (χ1n) is 7.67. The van der Waals surface area contributed by atoms with Crippen molar-refractivity contribution in [3.05, 3.63) is 47.0 Å². The van der Waals surface area contributed by atoms with Gasteiger partial charge in [0.1, 0.15) is 23.9 Å². The SMILES string of the molecule is COc1ccc(OC)c(COc2c(C)cc(NC(C)=O)cc2C)c1. The molecule has 2 rings (SSSR count). The minimum Gasteiger partial charge on any atom is -0.497 e. The molecule has 128 valence electrons. The molecule has 0 bridgehead atoms. The Bertz CT molecular complexity index is 717. The predicted molar refractivity (Wildman–Crippen MR) is 94.1 cm³/mol. The highest BCUT2D eigenvalue weighted by Gasteiger charge is 2.10. The van der Waals surface area contributed by atoms with E-state index >= 15 is 0 Å². The van der Waals surface area contributed by atoms with Gasteiger partial charge in [-0.15, -0.1) is 0 Å². The average Bonchev–Trinajstić information content (AvgIpc) is 2.53. The van der Waals surface area contributed by atoms with Crippen molar-refractivity contribution >= 4 is 11.6 Å². The van der Waals surface area contributed by atoms with E-state index in [-0.39, 0.29) is 5.91 Å². The Labute approximate surface area is 142 Å². The molecule has 0 unspecified atom stereocenters. The molecule has 0 aliphatic heterocycles. The zero-order valence-corrected chi connectivity index (χ0v) is 14.7. The van der Waals surface area contributed by atoms with Gasteiger partial charge in [-0.3, -0.25) is 4.79 Å². The molecule has 0 radical (unpaired) electrons. The minimum absolute atomic E-state index is 0.0939. The fourth-order valence-corrected chi connectivity index (χ4v) is 2.60. The molecule has 5 heteroatoms. The van der Waals surface area contributed by atoms with Gasteiger partial charge < -0.3 is 19.5 Å². The molecule has 0 heterocycles. The Hall–Kier alpha value is -2.69. The highest BCUT2D eigenvalue weighted by Crippen LogP contribution is 2.30. The smallest absolute Gasteiger partial charge is 0.221 e. The minimum atomic E-state index is -0.0939. The standard InChI is InChI=1S/C19H23NO4/c1-12-8-16(20-14(3)21)9-13(2)19(12)24-11-15-10-17(22-4)6-7-18(15)23-5/h6-10H,11H2,1-5H3,(H,20,21). The van der Waals surface area contributed by atoms with Gasteiger partial charge in [0.05, 0.1) is 14.2 Å². The van der Waals surface area contributed by atoms with Crippen LogP contribution in [-0.2, 0) is 11.4 Å². The van der Waals surface area contributed by atoms with Gasteiger partial charge in [-0.1, -0.05) is 0 Å². The van der Waals surface area contributed by atoms with Gasteiger partial charge in [-0.25, -0.2) is 0 Å². The lowest BCUT2D eigenvalue weighted by molar-refractivity contribution is -0.114. The fourth-order valence-electron chi connectivity index (χ4n) is 2.60. The Morgan fingerprint density at radius 3 is 2.25 bits per heavy atom. The molecule has 0 spiro atoms. The second-order valence-corrected chi connectivity index (χ2v) is 5.59. The van der Waals surface area contributed by atoms with E-state index in [1.165, 1.54) is 6.92 Å². The molecule has 2 aromatic rings. The van der Waals surface area contributed by atoms with E-state index in [1.54, 1.807) is 14.2 Å². The molecule has 0 aromatic heterocycles. The Morgan fingerprint density at radius 2 is 1.71 bits per heavy atom. The van der Waals surface area contributed by atoms with Crippen molar-refractivity contribution in [2.45, 2.75) is 27.4 Å². The van der Waals surface area contributed by atoms with Crippen molar-refractivity contribution in [2.75, 3.05) is 19.5 Å². The maximum Gasteiger partial charge on any atom is 0.221 e. The number of carbonyl (C=O) groups is 1. The van der Waals surface area contributed by atoms with Gasteiger partial charge >= 0.3 is 0 Å². The number of anilines is 1. The largest absolute Gasteiger partial charge is 0.497 e. The van der Waals surface area contributed by atoms with Gasteiger partial charge in [-0.05, 0) is 55.3 Å². The first-order chi connectivity index (χ1) is 11.4. The zero-order valence-electron chi connectivity index (χ0n) is 14.7. The summed E-state index contributed by atoms with van der Waals surface area (Å²) < 4.78 is 16.6. The number of hydrogen-bond donors (Lipinski definition) is 1. The van der Waals surface area contributed by atoms with E-state index in [2.05, 4.69) is 5.32 Å². The summed E-state index contributed by atoms with van der Waals surface area (Å²) in [5.74, 6) is 2.21. The first kappa shape index (κ1) is 17.7. The molecule has 1 N–H and O–H groups in total. The number of aryl methyl sites for hydroxylation is 2. The molecule has 5 nitrogen and oxygen atoms in total. The molecular weight excluding hydrogens is 306 g/mol. The highest BCUT2D eigenvalue weighted by atomic mass is 16.5. The third-order valence-electron chi connectivity index (χ3n) is 3.64. The summed E-state index contributed by atoms with van der Waals surface area (Å²) in [5, 5.41) is 2.79. The molecule has 0 fully saturated rings. The van der Waals surface area contributed by atoms with Crippen LogP contribution in [0.2, 0.25) is 0 Å². The van der Waals surface area contributed by atoms with Crippen molar-refractivity contribution in [3.63, 3.8) is 0 Å². The van der Waals surface area contributed by atoms with Crippen LogP contribution in [0.1, 0.15) is 23.6 Å². The summed E-state index contributed by atoms with van der Waals surface area (Å²) in [6.45, 7) is 5.76. The number of nitrogens with one attached hydrogen (secondary N) is 1. The second kappa shape index (κ2) is 7.73. The third-order valence-corrected chi connectivity index (χ3v) is 3.64. The van der Waals surface area contributed by atoms with E-state index < -0.39 is 0 Å². The normalized spacial score (nSPS) is 10.2. The summed E-state index contributed by atoms with van der Waals surface area (Å²) in [5.41, 5.74) is 3.59. The number of hydrogen-bond acceptors (Lipinski definition) is 4. The van der Waals surface area contributed by atoms with Gasteiger partial charge in [0.15, 0.2) is 0 Å². The number of benzene rings is 2. The van der Waals surface area contributed by atoms with E-state index in [4.69, 9.17) is 14.2 Å². The van der Waals surface area contributed by atoms with Crippen molar-refractivity contribution in [3.8, 4) is 17.2 Å². The lowest BCUT2D eigenvalue weighted by Crippen LogP contribution is -2.07. The maximum atomic E-state index is 11.2. The Morgan fingerprint density at radius 1 is 1.04 bits per heavy atom. The Kier molecular flexibility index (Phi) is 5.68. The lowest BCUT2D eigenvalue weighted by atomic mass is 10.1. The van der Waals surface area contributed by atoms with Gasteiger partial charge in [0.25, 0.3) is 0 Å². The van der Waals surface area contributed by atoms with Crippen LogP contribution < -0.4 is 19.5 Å². The topological polar surface area (TPSA) is 56.8 Å². The summed E-state index contributed by atoms with van der Waals surface area (Å²) in [7, 11) is 3.26. The summed E-state index contributed by atoms with van der Waals surface area (Å²) in [4.78, 5) is 11.2. The number of ether oxygens (including phenoxy) is 3. The molecule has 0 aliphatic carbocycles. The van der Waals surface area contributed by atoms with Gasteiger partial charge in [0.2, 0.25) is 5.91 Å². The van der Waals surface area contributed by atoms with Crippen LogP contribution in [0, 0.1) is 13.8 Å². The molecular formula is C19H23NO4.